The van der Waals surface area contributed by atoms with Crippen LogP contribution in [0.25, 0.3) is 11.3 Å². The number of rotatable bonds is 3. The Hall–Kier alpha value is -0.480. The van der Waals surface area contributed by atoms with Crippen LogP contribution in [0.2, 0.25) is 10.3 Å². The lowest BCUT2D eigenvalue weighted by molar-refractivity contribution is 0.120. The van der Waals surface area contributed by atoms with E-state index in [1.807, 2.05) is 0 Å². The summed E-state index contributed by atoms with van der Waals surface area (Å²) in [6.07, 6.45) is 6.04. The van der Waals surface area contributed by atoms with Gasteiger partial charge in [-0.15, -0.1) is 0 Å². The topological polar surface area (TPSA) is 81.6 Å². The predicted molar refractivity (Wildman–Crippen MR) is 137 cm³/mol. The first-order valence-electron chi connectivity index (χ1n) is 8.83. The van der Waals surface area contributed by atoms with E-state index in [1.54, 1.807) is 33.6 Å². The standard InChI is InChI=1S/C11H12ClIN4O.C6H2BrClIN3/c12-9-4-8(14-5-7-2-1-3-18-7)11-15-6-10(13)17(11)16-9;7-3-1-4(8)11-12-5(9)2-10-6(3)12/h4,6-7,14H,1-3,5H2;1-2H/t7-;/m1./s1. The van der Waals surface area contributed by atoms with Crippen molar-refractivity contribution >= 4 is 101 Å². The highest BCUT2D eigenvalue weighted by atomic mass is 127. The average molecular weight is 737 g/mol. The molecule has 0 aliphatic carbocycles. The molecule has 4 aromatic heterocycles. The van der Waals surface area contributed by atoms with E-state index in [0.29, 0.717) is 10.3 Å². The normalized spacial score (nSPS) is 16.1. The molecule has 0 radical (unpaired) electrons. The van der Waals surface area contributed by atoms with Crippen LogP contribution < -0.4 is 5.32 Å². The van der Waals surface area contributed by atoms with E-state index in [4.69, 9.17) is 27.9 Å². The maximum absolute atomic E-state index is 6.01. The SMILES string of the molecule is Clc1cc(Br)c2ncc(I)n2n1.Clc1cc(NC[C@H]2CCCO2)c2ncc(I)n2n1. The highest BCUT2D eigenvalue weighted by Crippen LogP contribution is 2.22. The lowest BCUT2D eigenvalue weighted by Crippen LogP contribution is -2.19. The van der Waals surface area contributed by atoms with E-state index in [1.165, 1.54) is 0 Å². The fourth-order valence-electron chi connectivity index (χ4n) is 2.95. The van der Waals surface area contributed by atoms with E-state index in [9.17, 15) is 0 Å². The third kappa shape index (κ3) is 5.11. The zero-order valence-electron chi connectivity index (χ0n) is 15.2. The number of aromatic nitrogens is 6. The van der Waals surface area contributed by atoms with Gasteiger partial charge >= 0.3 is 0 Å². The van der Waals surface area contributed by atoms with Gasteiger partial charge in [0.2, 0.25) is 0 Å². The molecule has 1 aliphatic rings. The number of fused-ring (bicyclic) bond motifs is 2. The van der Waals surface area contributed by atoms with Crippen molar-refractivity contribution in [2.45, 2.75) is 18.9 Å². The number of ether oxygens (including phenoxy) is 1. The lowest BCUT2D eigenvalue weighted by atomic mass is 10.2. The van der Waals surface area contributed by atoms with Crippen molar-refractivity contribution < 1.29 is 4.74 Å². The second-order valence-corrected chi connectivity index (χ2v) is 10.2. The third-order valence-corrected chi connectivity index (χ3v) is 6.72. The van der Waals surface area contributed by atoms with Crippen LogP contribution in [0.3, 0.4) is 0 Å². The van der Waals surface area contributed by atoms with Crippen molar-refractivity contribution in [3.8, 4) is 0 Å². The molecule has 13 heteroatoms. The molecule has 30 heavy (non-hydrogen) atoms. The van der Waals surface area contributed by atoms with Gasteiger partial charge in [0.05, 0.1) is 28.7 Å². The van der Waals surface area contributed by atoms with Crippen LogP contribution in [0.1, 0.15) is 12.8 Å². The van der Waals surface area contributed by atoms with Gasteiger partial charge in [-0.05, 0) is 80.0 Å². The number of nitrogens with one attached hydrogen (secondary N) is 1. The molecule has 4 aromatic rings. The summed E-state index contributed by atoms with van der Waals surface area (Å²) in [5.74, 6) is 0. The molecule has 0 bridgehead atoms. The Morgan fingerprint density at radius 3 is 2.37 bits per heavy atom. The van der Waals surface area contributed by atoms with Crippen LogP contribution in [0.15, 0.2) is 29.0 Å². The zero-order valence-corrected chi connectivity index (χ0v) is 22.6. The van der Waals surface area contributed by atoms with Crippen molar-refractivity contribution in [1.82, 2.24) is 29.2 Å². The second kappa shape index (κ2) is 9.98. The summed E-state index contributed by atoms with van der Waals surface area (Å²) in [6, 6.07) is 3.52. The molecule has 0 aromatic carbocycles. The first kappa shape index (κ1) is 22.7. The van der Waals surface area contributed by atoms with Gasteiger partial charge in [-0.3, -0.25) is 0 Å². The number of halogens is 5. The van der Waals surface area contributed by atoms with Crippen molar-refractivity contribution in [3.05, 3.63) is 46.7 Å². The summed E-state index contributed by atoms with van der Waals surface area (Å²) in [5, 5.41) is 12.5. The number of hydrogen-bond donors (Lipinski definition) is 1. The van der Waals surface area contributed by atoms with Gasteiger partial charge < -0.3 is 10.1 Å². The van der Waals surface area contributed by atoms with Crippen LogP contribution in [0.4, 0.5) is 5.69 Å². The summed E-state index contributed by atoms with van der Waals surface area (Å²) in [4.78, 5) is 8.48. The molecule has 5 heterocycles. The average Bonchev–Trinajstić information content (AvgIpc) is 3.43. The molecule has 5 rings (SSSR count). The first-order chi connectivity index (χ1) is 14.4. The van der Waals surface area contributed by atoms with E-state index < -0.39 is 0 Å². The Morgan fingerprint density at radius 2 is 1.70 bits per heavy atom. The highest BCUT2D eigenvalue weighted by Gasteiger charge is 2.16. The van der Waals surface area contributed by atoms with Crippen molar-refractivity contribution in [2.75, 3.05) is 18.5 Å². The molecule has 1 aliphatic heterocycles. The predicted octanol–water partition coefficient (Wildman–Crippen LogP) is 5.33. The van der Waals surface area contributed by atoms with E-state index >= 15 is 0 Å². The maximum Gasteiger partial charge on any atom is 0.178 e. The molecule has 158 valence electrons. The van der Waals surface area contributed by atoms with Gasteiger partial charge in [-0.2, -0.15) is 10.2 Å². The monoisotopic (exact) mass is 735 g/mol. The number of anilines is 1. The Kier molecular flexibility index (Phi) is 7.55. The molecule has 1 fully saturated rings. The van der Waals surface area contributed by atoms with Gasteiger partial charge in [-0.25, -0.2) is 19.0 Å². The number of nitrogens with zero attached hydrogens (tertiary/aromatic N) is 6. The summed E-state index contributed by atoms with van der Waals surface area (Å²) in [7, 11) is 0. The largest absolute Gasteiger partial charge is 0.379 e. The molecule has 1 N–H and O–H groups in total. The summed E-state index contributed by atoms with van der Waals surface area (Å²) < 4.78 is 11.7. The van der Waals surface area contributed by atoms with Crippen LogP contribution in [-0.4, -0.2) is 48.5 Å². The quantitative estimate of drug-likeness (QED) is 0.287. The molecule has 0 saturated carbocycles. The third-order valence-electron chi connectivity index (χ3n) is 4.29. The number of hydrogen-bond acceptors (Lipinski definition) is 6. The van der Waals surface area contributed by atoms with Crippen LogP contribution in [-0.2, 0) is 4.74 Å². The van der Waals surface area contributed by atoms with Crippen LogP contribution >= 0.6 is 84.3 Å². The summed E-state index contributed by atoms with van der Waals surface area (Å²) >= 11 is 19.4. The minimum atomic E-state index is 0.283. The van der Waals surface area contributed by atoms with Crippen LogP contribution in [0, 0.1) is 7.40 Å². The van der Waals surface area contributed by atoms with Gasteiger partial charge in [0.15, 0.2) is 21.6 Å². The van der Waals surface area contributed by atoms with Gasteiger partial charge in [0, 0.05) is 19.2 Å². The first-order valence-corrected chi connectivity index (χ1v) is 12.5. The molecule has 1 saturated heterocycles. The summed E-state index contributed by atoms with van der Waals surface area (Å²) in [5.41, 5.74) is 2.47. The minimum Gasteiger partial charge on any atom is -0.379 e. The summed E-state index contributed by atoms with van der Waals surface area (Å²) in [6.45, 7) is 1.64. The fraction of sp³-hybridized carbons (Fsp3) is 0.294. The molecule has 8 nitrogen and oxygen atoms in total. The van der Waals surface area contributed by atoms with Crippen molar-refractivity contribution in [3.63, 3.8) is 0 Å². The van der Waals surface area contributed by atoms with Crippen LogP contribution in [0.5, 0.6) is 0 Å². The van der Waals surface area contributed by atoms with E-state index in [-0.39, 0.29) is 6.10 Å². The molecular formula is C17H14BrCl2I2N7O. The van der Waals surface area contributed by atoms with E-state index in [0.717, 1.165) is 54.8 Å². The maximum atomic E-state index is 6.01. The minimum absolute atomic E-state index is 0.283. The Balaban J connectivity index is 0.000000158. The fourth-order valence-corrected chi connectivity index (χ4v) is 4.89. The van der Waals surface area contributed by atoms with Crippen molar-refractivity contribution in [2.24, 2.45) is 0 Å². The smallest absolute Gasteiger partial charge is 0.178 e. The number of imidazole rings is 2. The van der Waals surface area contributed by atoms with E-state index in [2.05, 4.69) is 86.6 Å². The molecule has 0 unspecified atom stereocenters. The van der Waals surface area contributed by atoms with Gasteiger partial charge in [-0.1, -0.05) is 23.2 Å². The highest BCUT2D eigenvalue weighted by molar-refractivity contribution is 14.1. The molecule has 0 amide bonds. The zero-order chi connectivity index (χ0) is 21.3. The Morgan fingerprint density at radius 1 is 1.07 bits per heavy atom. The van der Waals surface area contributed by atoms with Gasteiger partial charge in [0.1, 0.15) is 7.40 Å². The molecule has 0 spiro atoms. The Bertz CT molecular complexity index is 1200. The van der Waals surface area contributed by atoms with Crippen molar-refractivity contribution in [1.29, 1.82) is 0 Å². The second-order valence-electron chi connectivity index (χ2n) is 6.34. The molecular weight excluding hydrogens is 723 g/mol. The lowest BCUT2D eigenvalue weighted by Gasteiger charge is -2.12. The van der Waals surface area contributed by atoms with Gasteiger partial charge in [0.25, 0.3) is 0 Å². The Labute approximate surface area is 217 Å². The molecule has 1 atom stereocenters.